The van der Waals surface area contributed by atoms with Crippen LogP contribution in [0.4, 0.5) is 5.69 Å². The standard InChI is InChI=1S/C15H18N4O2/c20-15-10-2-1-3-12-14(10)11(8-16-12)13(17-18-15)9-19-4-6-21-7-5-19/h1-3,11,16H,4-9H2,(H,18,20). The summed E-state index contributed by atoms with van der Waals surface area (Å²) in [4.78, 5) is 14.5. The maximum absolute atomic E-state index is 12.2. The van der Waals surface area contributed by atoms with Gasteiger partial charge in [-0.1, -0.05) is 6.07 Å². The number of morpholine rings is 1. The molecule has 6 heteroatoms. The highest BCUT2D eigenvalue weighted by Gasteiger charge is 2.34. The molecule has 4 rings (SSSR count). The fraction of sp³-hybridized carbons (Fsp3) is 0.467. The molecule has 0 spiro atoms. The summed E-state index contributed by atoms with van der Waals surface area (Å²) in [5, 5.41) is 7.79. The number of carbonyl (C=O) groups excluding carboxylic acids is 1. The minimum Gasteiger partial charge on any atom is -0.384 e. The molecule has 3 heterocycles. The Labute approximate surface area is 123 Å². The average molecular weight is 286 g/mol. The van der Waals surface area contributed by atoms with Gasteiger partial charge < -0.3 is 10.1 Å². The molecule has 3 aliphatic rings. The van der Waals surface area contributed by atoms with Gasteiger partial charge in [-0.15, -0.1) is 0 Å². The first-order chi connectivity index (χ1) is 10.3. The number of anilines is 1. The average Bonchev–Trinajstić information content (AvgIpc) is 2.90. The largest absolute Gasteiger partial charge is 0.384 e. The third kappa shape index (κ3) is 2.20. The Morgan fingerprint density at radius 3 is 3.05 bits per heavy atom. The zero-order valence-corrected chi connectivity index (χ0v) is 11.8. The maximum atomic E-state index is 12.2. The Morgan fingerprint density at radius 1 is 1.33 bits per heavy atom. The zero-order valence-electron chi connectivity index (χ0n) is 11.8. The lowest BCUT2D eigenvalue weighted by atomic mass is 9.91. The zero-order chi connectivity index (χ0) is 14.2. The van der Waals surface area contributed by atoms with Crippen LogP contribution >= 0.6 is 0 Å². The molecule has 1 aromatic carbocycles. The summed E-state index contributed by atoms with van der Waals surface area (Å²) in [7, 11) is 0. The fourth-order valence-corrected chi connectivity index (χ4v) is 3.29. The van der Waals surface area contributed by atoms with Crippen LogP contribution in [0.25, 0.3) is 0 Å². The third-order valence-corrected chi connectivity index (χ3v) is 4.39. The summed E-state index contributed by atoms with van der Waals surface area (Å²) in [6.07, 6.45) is 0. The van der Waals surface area contributed by atoms with Gasteiger partial charge in [0.1, 0.15) is 0 Å². The van der Waals surface area contributed by atoms with E-state index in [4.69, 9.17) is 4.74 Å². The molecule has 3 aliphatic heterocycles. The lowest BCUT2D eigenvalue weighted by molar-refractivity contribution is 0.0450. The van der Waals surface area contributed by atoms with Gasteiger partial charge in [0.15, 0.2) is 0 Å². The van der Waals surface area contributed by atoms with Gasteiger partial charge in [-0.05, 0) is 17.7 Å². The van der Waals surface area contributed by atoms with Crippen molar-refractivity contribution in [3.63, 3.8) is 0 Å². The second-order valence-electron chi connectivity index (χ2n) is 5.63. The topological polar surface area (TPSA) is 66.0 Å². The molecule has 1 atom stereocenters. The summed E-state index contributed by atoms with van der Waals surface area (Å²) in [5.41, 5.74) is 6.62. The monoisotopic (exact) mass is 286 g/mol. The lowest BCUT2D eigenvalue weighted by Crippen LogP contribution is -2.41. The van der Waals surface area contributed by atoms with E-state index < -0.39 is 0 Å². The molecule has 0 aromatic heterocycles. The highest BCUT2D eigenvalue weighted by Crippen LogP contribution is 2.36. The van der Waals surface area contributed by atoms with E-state index in [2.05, 4.69) is 20.7 Å². The molecule has 2 N–H and O–H groups in total. The van der Waals surface area contributed by atoms with E-state index in [-0.39, 0.29) is 11.8 Å². The number of nitrogens with zero attached hydrogens (tertiary/aromatic N) is 2. The summed E-state index contributed by atoms with van der Waals surface area (Å²) >= 11 is 0. The molecule has 0 radical (unpaired) electrons. The predicted octanol–water partition coefficient (Wildman–Crippen LogP) is 0.627. The molecule has 1 aromatic rings. The van der Waals surface area contributed by atoms with Crippen molar-refractivity contribution in [1.29, 1.82) is 0 Å². The van der Waals surface area contributed by atoms with Gasteiger partial charge >= 0.3 is 0 Å². The summed E-state index contributed by atoms with van der Waals surface area (Å²) in [6, 6.07) is 5.82. The number of amides is 1. The molecule has 1 saturated heterocycles. The Balaban J connectivity index is 1.66. The molecule has 0 saturated carbocycles. The van der Waals surface area contributed by atoms with E-state index in [1.807, 2.05) is 18.2 Å². The van der Waals surface area contributed by atoms with Gasteiger partial charge in [0.05, 0.1) is 18.9 Å². The van der Waals surface area contributed by atoms with Crippen molar-refractivity contribution in [1.82, 2.24) is 10.3 Å². The van der Waals surface area contributed by atoms with E-state index >= 15 is 0 Å². The van der Waals surface area contributed by atoms with Crippen LogP contribution in [0.15, 0.2) is 23.3 Å². The number of rotatable bonds is 2. The van der Waals surface area contributed by atoms with Crippen LogP contribution in [0, 0.1) is 0 Å². The molecule has 110 valence electrons. The van der Waals surface area contributed by atoms with E-state index in [0.717, 1.165) is 61.9 Å². The van der Waals surface area contributed by atoms with Crippen molar-refractivity contribution < 1.29 is 9.53 Å². The maximum Gasteiger partial charge on any atom is 0.271 e. The van der Waals surface area contributed by atoms with Crippen LogP contribution in [-0.4, -0.2) is 55.9 Å². The normalized spacial score (nSPS) is 24.7. The Kier molecular flexibility index (Phi) is 3.12. The van der Waals surface area contributed by atoms with E-state index in [9.17, 15) is 4.79 Å². The van der Waals surface area contributed by atoms with Gasteiger partial charge in [-0.2, -0.15) is 5.10 Å². The number of hydrogen-bond donors (Lipinski definition) is 2. The minimum absolute atomic E-state index is 0.113. The molecule has 1 unspecified atom stereocenters. The number of ether oxygens (including phenoxy) is 1. The van der Waals surface area contributed by atoms with Gasteiger partial charge in [0, 0.05) is 43.3 Å². The molecule has 21 heavy (non-hydrogen) atoms. The fourth-order valence-electron chi connectivity index (χ4n) is 3.29. The summed E-state index contributed by atoms with van der Waals surface area (Å²) in [6.45, 7) is 4.96. The molecule has 1 amide bonds. The number of nitrogens with one attached hydrogen (secondary N) is 2. The van der Waals surface area contributed by atoms with Crippen molar-refractivity contribution in [2.75, 3.05) is 44.7 Å². The van der Waals surface area contributed by atoms with Gasteiger partial charge in [0.25, 0.3) is 5.91 Å². The summed E-state index contributed by atoms with van der Waals surface area (Å²) in [5.74, 6) is 0.0653. The number of hydrogen-bond acceptors (Lipinski definition) is 5. The first-order valence-corrected chi connectivity index (χ1v) is 7.36. The molecule has 6 nitrogen and oxygen atoms in total. The summed E-state index contributed by atoms with van der Waals surface area (Å²) < 4.78 is 5.39. The van der Waals surface area contributed by atoms with Crippen LogP contribution in [0.3, 0.4) is 0 Å². The number of hydrazone groups is 1. The van der Waals surface area contributed by atoms with Gasteiger partial charge in [0.2, 0.25) is 0 Å². The van der Waals surface area contributed by atoms with Crippen LogP contribution in [0.5, 0.6) is 0 Å². The minimum atomic E-state index is -0.113. The Bertz CT molecular complexity index is 608. The second-order valence-corrected chi connectivity index (χ2v) is 5.63. The van der Waals surface area contributed by atoms with Crippen LogP contribution in [0.1, 0.15) is 21.8 Å². The van der Waals surface area contributed by atoms with Crippen molar-refractivity contribution in [2.24, 2.45) is 5.10 Å². The Morgan fingerprint density at radius 2 is 2.19 bits per heavy atom. The predicted molar refractivity (Wildman–Crippen MR) is 79.8 cm³/mol. The number of carbonyl (C=O) groups is 1. The Hall–Kier alpha value is -1.92. The second kappa shape index (κ2) is 5.13. The van der Waals surface area contributed by atoms with Crippen molar-refractivity contribution in [3.8, 4) is 0 Å². The van der Waals surface area contributed by atoms with Crippen LogP contribution in [-0.2, 0) is 4.74 Å². The first kappa shape index (κ1) is 12.8. The van der Waals surface area contributed by atoms with Crippen molar-refractivity contribution in [3.05, 3.63) is 29.3 Å². The smallest absolute Gasteiger partial charge is 0.271 e. The highest BCUT2D eigenvalue weighted by atomic mass is 16.5. The van der Waals surface area contributed by atoms with Crippen LogP contribution in [0.2, 0.25) is 0 Å². The number of benzene rings is 1. The third-order valence-electron chi connectivity index (χ3n) is 4.39. The van der Waals surface area contributed by atoms with Crippen molar-refractivity contribution >= 4 is 17.3 Å². The molecular weight excluding hydrogens is 268 g/mol. The highest BCUT2D eigenvalue weighted by molar-refractivity contribution is 6.06. The quantitative estimate of drug-likeness (QED) is 0.837. The SMILES string of the molecule is O=C1NN=C(CN2CCOCC2)C2CNc3cccc1c32. The van der Waals surface area contributed by atoms with Crippen LogP contribution < -0.4 is 10.7 Å². The first-order valence-electron chi connectivity index (χ1n) is 7.36. The van der Waals surface area contributed by atoms with Gasteiger partial charge in [-0.3, -0.25) is 9.69 Å². The molecular formula is C15H18N4O2. The molecule has 1 fully saturated rings. The van der Waals surface area contributed by atoms with E-state index in [0.29, 0.717) is 0 Å². The molecule has 0 bridgehead atoms. The van der Waals surface area contributed by atoms with Gasteiger partial charge in [-0.25, -0.2) is 5.43 Å². The molecule has 0 aliphatic carbocycles. The van der Waals surface area contributed by atoms with E-state index in [1.165, 1.54) is 0 Å². The lowest BCUT2D eigenvalue weighted by Gasteiger charge is -2.28. The van der Waals surface area contributed by atoms with E-state index in [1.54, 1.807) is 0 Å². The van der Waals surface area contributed by atoms with Crippen molar-refractivity contribution in [2.45, 2.75) is 5.92 Å².